The van der Waals surface area contributed by atoms with Crippen LogP contribution in [0.25, 0.3) is 0 Å². The van der Waals surface area contributed by atoms with E-state index in [0.29, 0.717) is 13.0 Å². The van der Waals surface area contributed by atoms with E-state index in [-0.39, 0.29) is 11.8 Å². The van der Waals surface area contributed by atoms with Gasteiger partial charge in [-0.15, -0.1) is 0 Å². The standard InChI is InChI=1S/C13H15FN2O4/c1-20-7-5-10(15-6-7)12(17)16-9-4-2-3-8(14)11(9)13(18)19/h2-4,7,10,15H,5-6H2,1H3,(H,16,17)(H,18,19). The fraction of sp³-hybridized carbons (Fsp3) is 0.385. The summed E-state index contributed by atoms with van der Waals surface area (Å²) in [5.41, 5.74) is -0.590. The fourth-order valence-corrected chi connectivity index (χ4v) is 2.15. The van der Waals surface area contributed by atoms with Gasteiger partial charge < -0.3 is 20.5 Å². The summed E-state index contributed by atoms with van der Waals surface area (Å²) in [5, 5.41) is 14.4. The summed E-state index contributed by atoms with van der Waals surface area (Å²) >= 11 is 0. The monoisotopic (exact) mass is 282 g/mol. The van der Waals surface area contributed by atoms with Gasteiger partial charge in [0.1, 0.15) is 11.4 Å². The highest BCUT2D eigenvalue weighted by molar-refractivity contribution is 6.02. The number of methoxy groups -OCH3 is 1. The number of rotatable bonds is 4. The minimum atomic E-state index is -1.42. The third kappa shape index (κ3) is 2.94. The van der Waals surface area contributed by atoms with E-state index in [9.17, 15) is 14.0 Å². The first-order valence-electron chi connectivity index (χ1n) is 6.11. The summed E-state index contributed by atoms with van der Waals surface area (Å²) in [5.74, 6) is -2.71. The van der Waals surface area contributed by atoms with Crippen molar-refractivity contribution in [2.75, 3.05) is 19.0 Å². The van der Waals surface area contributed by atoms with Crippen LogP contribution in [0.1, 0.15) is 16.8 Å². The van der Waals surface area contributed by atoms with Crippen LogP contribution in [0.5, 0.6) is 0 Å². The highest BCUT2D eigenvalue weighted by atomic mass is 19.1. The molecular weight excluding hydrogens is 267 g/mol. The number of aromatic carboxylic acids is 1. The lowest BCUT2D eigenvalue weighted by Gasteiger charge is -2.13. The third-order valence-corrected chi connectivity index (χ3v) is 3.23. The van der Waals surface area contributed by atoms with E-state index in [4.69, 9.17) is 9.84 Å². The molecule has 3 N–H and O–H groups in total. The second-order valence-corrected chi connectivity index (χ2v) is 4.51. The zero-order chi connectivity index (χ0) is 14.7. The molecule has 2 unspecified atom stereocenters. The van der Waals surface area contributed by atoms with E-state index in [0.717, 1.165) is 6.07 Å². The molecule has 1 aromatic rings. The van der Waals surface area contributed by atoms with Crippen molar-refractivity contribution in [1.29, 1.82) is 0 Å². The molecule has 0 saturated carbocycles. The van der Waals surface area contributed by atoms with E-state index >= 15 is 0 Å². The number of halogens is 1. The van der Waals surface area contributed by atoms with Gasteiger partial charge in [-0.05, 0) is 18.6 Å². The SMILES string of the molecule is COC1CNC(C(=O)Nc2cccc(F)c2C(=O)O)C1. The molecule has 1 amide bonds. The number of amides is 1. The molecule has 1 heterocycles. The molecule has 1 aromatic carbocycles. The lowest BCUT2D eigenvalue weighted by atomic mass is 10.1. The number of carbonyl (C=O) groups excluding carboxylic acids is 1. The minimum absolute atomic E-state index is 0.0508. The molecule has 1 aliphatic heterocycles. The van der Waals surface area contributed by atoms with Gasteiger partial charge in [0.2, 0.25) is 5.91 Å². The predicted molar refractivity (Wildman–Crippen MR) is 69.2 cm³/mol. The Bertz CT molecular complexity index is 535. The Kier molecular flexibility index (Phi) is 4.31. The van der Waals surface area contributed by atoms with Crippen LogP contribution in [0.4, 0.5) is 10.1 Å². The zero-order valence-electron chi connectivity index (χ0n) is 10.9. The van der Waals surface area contributed by atoms with Crippen molar-refractivity contribution in [3.63, 3.8) is 0 Å². The fourth-order valence-electron chi connectivity index (χ4n) is 2.15. The van der Waals surface area contributed by atoms with Crippen LogP contribution in [0, 0.1) is 5.82 Å². The first-order chi connectivity index (χ1) is 9.52. The highest BCUT2D eigenvalue weighted by Crippen LogP contribution is 2.20. The van der Waals surface area contributed by atoms with Crippen molar-refractivity contribution >= 4 is 17.6 Å². The van der Waals surface area contributed by atoms with Gasteiger partial charge in [-0.2, -0.15) is 0 Å². The maximum Gasteiger partial charge on any atom is 0.340 e. The maximum absolute atomic E-state index is 13.5. The predicted octanol–water partition coefficient (Wildman–Crippen LogP) is 0.839. The first kappa shape index (κ1) is 14.4. The number of hydrogen-bond donors (Lipinski definition) is 3. The van der Waals surface area contributed by atoms with Crippen molar-refractivity contribution < 1.29 is 23.8 Å². The number of carbonyl (C=O) groups is 2. The Morgan fingerprint density at radius 2 is 2.25 bits per heavy atom. The molecule has 108 valence electrons. The number of carboxylic acids is 1. The number of nitrogens with one attached hydrogen (secondary N) is 2. The molecule has 6 nitrogen and oxygen atoms in total. The summed E-state index contributed by atoms with van der Waals surface area (Å²) < 4.78 is 18.6. The number of carboxylic acid groups (broad SMARTS) is 1. The minimum Gasteiger partial charge on any atom is -0.478 e. The highest BCUT2D eigenvalue weighted by Gasteiger charge is 2.30. The van der Waals surface area contributed by atoms with Crippen molar-refractivity contribution in [1.82, 2.24) is 5.32 Å². The average molecular weight is 282 g/mol. The molecule has 0 bridgehead atoms. The largest absolute Gasteiger partial charge is 0.478 e. The van der Waals surface area contributed by atoms with Gasteiger partial charge in [0.05, 0.1) is 17.8 Å². The Balaban J connectivity index is 2.13. The van der Waals surface area contributed by atoms with Crippen molar-refractivity contribution in [2.24, 2.45) is 0 Å². The van der Waals surface area contributed by atoms with Crippen LogP contribution >= 0.6 is 0 Å². The molecule has 1 aliphatic rings. The Hall–Kier alpha value is -1.99. The number of ether oxygens (including phenoxy) is 1. The molecular formula is C13H15FN2O4. The van der Waals surface area contributed by atoms with Crippen LogP contribution in [0.2, 0.25) is 0 Å². The van der Waals surface area contributed by atoms with Gasteiger partial charge >= 0.3 is 5.97 Å². The van der Waals surface area contributed by atoms with E-state index < -0.39 is 29.3 Å². The van der Waals surface area contributed by atoms with E-state index in [2.05, 4.69) is 10.6 Å². The maximum atomic E-state index is 13.5. The first-order valence-corrected chi connectivity index (χ1v) is 6.11. The lowest BCUT2D eigenvalue weighted by Crippen LogP contribution is -2.36. The number of hydrogen-bond acceptors (Lipinski definition) is 4. The van der Waals surface area contributed by atoms with Gasteiger partial charge in [-0.1, -0.05) is 6.07 Å². The van der Waals surface area contributed by atoms with Gasteiger partial charge in [-0.3, -0.25) is 4.79 Å². The molecule has 0 radical (unpaired) electrons. The smallest absolute Gasteiger partial charge is 0.340 e. The zero-order valence-corrected chi connectivity index (χ0v) is 10.9. The van der Waals surface area contributed by atoms with Crippen molar-refractivity contribution in [3.05, 3.63) is 29.6 Å². The topological polar surface area (TPSA) is 87.7 Å². The van der Waals surface area contributed by atoms with E-state index in [1.807, 2.05) is 0 Å². The molecule has 2 atom stereocenters. The van der Waals surface area contributed by atoms with Gasteiger partial charge in [0.15, 0.2) is 0 Å². The van der Waals surface area contributed by atoms with Gasteiger partial charge in [-0.25, -0.2) is 9.18 Å². The lowest BCUT2D eigenvalue weighted by molar-refractivity contribution is -0.118. The second kappa shape index (κ2) is 5.98. The summed E-state index contributed by atoms with van der Waals surface area (Å²) in [6, 6.07) is 3.25. The molecule has 0 aromatic heterocycles. The molecule has 0 aliphatic carbocycles. The number of benzene rings is 1. The van der Waals surface area contributed by atoms with Crippen LogP contribution < -0.4 is 10.6 Å². The summed E-state index contributed by atoms with van der Waals surface area (Å²) in [4.78, 5) is 23.0. The molecule has 20 heavy (non-hydrogen) atoms. The molecule has 1 saturated heterocycles. The summed E-state index contributed by atoms with van der Waals surface area (Å²) in [6.45, 7) is 0.545. The third-order valence-electron chi connectivity index (χ3n) is 3.23. The van der Waals surface area contributed by atoms with Crippen LogP contribution in [0.15, 0.2) is 18.2 Å². The molecule has 1 fully saturated rings. The van der Waals surface area contributed by atoms with Crippen molar-refractivity contribution in [2.45, 2.75) is 18.6 Å². The molecule has 2 rings (SSSR count). The molecule has 7 heteroatoms. The Labute approximate surface area is 114 Å². The van der Waals surface area contributed by atoms with Crippen LogP contribution in [-0.4, -0.2) is 42.8 Å². The summed E-state index contributed by atoms with van der Waals surface area (Å²) in [6.07, 6.45) is 0.428. The molecule has 0 spiro atoms. The average Bonchev–Trinajstić information content (AvgIpc) is 2.87. The normalized spacial score (nSPS) is 21.7. The Morgan fingerprint density at radius 1 is 1.50 bits per heavy atom. The van der Waals surface area contributed by atoms with Crippen LogP contribution in [-0.2, 0) is 9.53 Å². The quantitative estimate of drug-likeness (QED) is 0.761. The number of anilines is 1. The van der Waals surface area contributed by atoms with E-state index in [1.54, 1.807) is 7.11 Å². The summed E-state index contributed by atoms with van der Waals surface area (Å²) in [7, 11) is 1.56. The Morgan fingerprint density at radius 3 is 2.85 bits per heavy atom. The van der Waals surface area contributed by atoms with Gasteiger partial charge in [0.25, 0.3) is 0 Å². The van der Waals surface area contributed by atoms with Crippen LogP contribution in [0.3, 0.4) is 0 Å². The van der Waals surface area contributed by atoms with Crippen molar-refractivity contribution in [3.8, 4) is 0 Å². The van der Waals surface area contributed by atoms with E-state index in [1.165, 1.54) is 12.1 Å². The second-order valence-electron chi connectivity index (χ2n) is 4.51. The van der Waals surface area contributed by atoms with Gasteiger partial charge in [0, 0.05) is 13.7 Å².